The zero-order chi connectivity index (χ0) is 15.2. The Balaban J connectivity index is 2.07. The SMILES string of the molecule is NCc1cccc(NC(=O)N(CC(N)=O)C2CCCC2)c1. The van der Waals surface area contributed by atoms with Gasteiger partial charge in [0.2, 0.25) is 5.91 Å². The number of primary amides is 1. The van der Waals surface area contributed by atoms with Crippen LogP contribution < -0.4 is 16.8 Å². The number of carbonyl (C=O) groups is 2. The molecule has 6 heteroatoms. The van der Waals surface area contributed by atoms with Gasteiger partial charge in [0, 0.05) is 18.3 Å². The monoisotopic (exact) mass is 290 g/mol. The second-order valence-corrected chi connectivity index (χ2v) is 5.37. The van der Waals surface area contributed by atoms with E-state index < -0.39 is 5.91 Å². The molecule has 0 saturated heterocycles. The summed E-state index contributed by atoms with van der Waals surface area (Å²) < 4.78 is 0. The average molecular weight is 290 g/mol. The van der Waals surface area contributed by atoms with Crippen molar-refractivity contribution in [3.8, 4) is 0 Å². The maximum Gasteiger partial charge on any atom is 0.322 e. The fraction of sp³-hybridized carbons (Fsp3) is 0.467. The molecule has 1 aromatic rings. The largest absolute Gasteiger partial charge is 0.368 e. The summed E-state index contributed by atoms with van der Waals surface area (Å²) in [7, 11) is 0. The summed E-state index contributed by atoms with van der Waals surface area (Å²) in [6, 6.07) is 7.17. The quantitative estimate of drug-likeness (QED) is 0.764. The number of amides is 3. The number of carbonyl (C=O) groups excluding carboxylic acids is 2. The Morgan fingerprint density at radius 1 is 1.29 bits per heavy atom. The third-order valence-electron chi connectivity index (χ3n) is 3.77. The van der Waals surface area contributed by atoms with Crippen LogP contribution in [0.25, 0.3) is 0 Å². The molecule has 0 atom stereocenters. The standard InChI is InChI=1S/C15H22N4O2/c16-9-11-4-3-5-12(8-11)18-15(21)19(10-14(17)20)13-6-1-2-7-13/h3-5,8,13H,1-2,6-7,9-10,16H2,(H2,17,20)(H,18,21). The molecule has 0 aromatic heterocycles. The van der Waals surface area contributed by atoms with Crippen molar-refractivity contribution in [2.75, 3.05) is 11.9 Å². The molecule has 0 heterocycles. The minimum atomic E-state index is -0.493. The number of rotatable bonds is 5. The number of nitrogens with two attached hydrogens (primary N) is 2. The molecule has 0 radical (unpaired) electrons. The summed E-state index contributed by atoms with van der Waals surface area (Å²) in [5, 5.41) is 2.82. The zero-order valence-electron chi connectivity index (χ0n) is 12.0. The Kier molecular flexibility index (Phi) is 5.16. The van der Waals surface area contributed by atoms with Gasteiger partial charge >= 0.3 is 6.03 Å². The molecule has 2 rings (SSSR count). The number of anilines is 1. The van der Waals surface area contributed by atoms with Crippen LogP contribution in [-0.2, 0) is 11.3 Å². The van der Waals surface area contributed by atoms with Crippen LogP contribution in [0.3, 0.4) is 0 Å². The van der Waals surface area contributed by atoms with Gasteiger partial charge in [0.05, 0.1) is 0 Å². The van der Waals surface area contributed by atoms with Gasteiger partial charge in [0.1, 0.15) is 6.54 Å². The van der Waals surface area contributed by atoms with Crippen LogP contribution in [0.1, 0.15) is 31.2 Å². The van der Waals surface area contributed by atoms with Crippen LogP contribution in [0.2, 0.25) is 0 Å². The fourth-order valence-corrected chi connectivity index (χ4v) is 2.72. The van der Waals surface area contributed by atoms with Crippen molar-refractivity contribution in [3.05, 3.63) is 29.8 Å². The van der Waals surface area contributed by atoms with Crippen molar-refractivity contribution in [1.82, 2.24) is 4.90 Å². The van der Waals surface area contributed by atoms with Gasteiger partial charge in [0.25, 0.3) is 0 Å². The molecule has 1 aromatic carbocycles. The third-order valence-corrected chi connectivity index (χ3v) is 3.77. The highest BCUT2D eigenvalue weighted by molar-refractivity contribution is 5.92. The van der Waals surface area contributed by atoms with E-state index in [1.165, 1.54) is 0 Å². The van der Waals surface area contributed by atoms with E-state index in [2.05, 4.69) is 5.32 Å². The molecule has 0 bridgehead atoms. The van der Waals surface area contributed by atoms with Gasteiger partial charge < -0.3 is 21.7 Å². The van der Waals surface area contributed by atoms with Gasteiger partial charge in [-0.25, -0.2) is 4.79 Å². The van der Waals surface area contributed by atoms with E-state index in [0.29, 0.717) is 12.2 Å². The Hall–Kier alpha value is -2.08. The summed E-state index contributed by atoms with van der Waals surface area (Å²) in [5.74, 6) is -0.493. The molecule has 21 heavy (non-hydrogen) atoms. The smallest absolute Gasteiger partial charge is 0.322 e. The van der Waals surface area contributed by atoms with Crippen LogP contribution in [0, 0.1) is 0 Å². The van der Waals surface area contributed by atoms with Gasteiger partial charge in [-0.2, -0.15) is 0 Å². The summed E-state index contributed by atoms with van der Waals surface area (Å²) in [4.78, 5) is 25.2. The number of urea groups is 1. The first-order valence-corrected chi connectivity index (χ1v) is 7.25. The Morgan fingerprint density at radius 2 is 2.00 bits per heavy atom. The maximum absolute atomic E-state index is 12.4. The lowest BCUT2D eigenvalue weighted by Gasteiger charge is -2.28. The summed E-state index contributed by atoms with van der Waals surface area (Å²) >= 11 is 0. The van der Waals surface area contributed by atoms with E-state index in [4.69, 9.17) is 11.5 Å². The molecule has 1 saturated carbocycles. The van der Waals surface area contributed by atoms with Crippen LogP contribution in [0.4, 0.5) is 10.5 Å². The van der Waals surface area contributed by atoms with Crippen molar-refractivity contribution < 1.29 is 9.59 Å². The highest BCUT2D eigenvalue weighted by atomic mass is 16.2. The topological polar surface area (TPSA) is 101 Å². The van der Waals surface area contributed by atoms with E-state index in [1.54, 1.807) is 11.0 Å². The first kappa shape index (κ1) is 15.3. The Morgan fingerprint density at radius 3 is 2.62 bits per heavy atom. The Bertz CT molecular complexity index is 512. The lowest BCUT2D eigenvalue weighted by atomic mass is 10.2. The molecule has 1 aliphatic rings. The van der Waals surface area contributed by atoms with Crippen molar-refractivity contribution in [3.63, 3.8) is 0 Å². The van der Waals surface area contributed by atoms with Gasteiger partial charge in [-0.3, -0.25) is 4.79 Å². The van der Waals surface area contributed by atoms with E-state index in [9.17, 15) is 9.59 Å². The first-order chi connectivity index (χ1) is 10.1. The van der Waals surface area contributed by atoms with Gasteiger partial charge in [-0.05, 0) is 30.5 Å². The van der Waals surface area contributed by atoms with Crippen molar-refractivity contribution in [2.45, 2.75) is 38.3 Å². The molecule has 1 aliphatic carbocycles. The van der Waals surface area contributed by atoms with Crippen LogP contribution in [0.15, 0.2) is 24.3 Å². The maximum atomic E-state index is 12.4. The molecule has 1 fully saturated rings. The summed E-state index contributed by atoms with van der Waals surface area (Å²) in [6.07, 6.45) is 4.00. The van der Waals surface area contributed by atoms with Gasteiger partial charge in [-0.1, -0.05) is 25.0 Å². The second-order valence-electron chi connectivity index (χ2n) is 5.37. The highest BCUT2D eigenvalue weighted by Gasteiger charge is 2.27. The normalized spacial score (nSPS) is 14.9. The number of hydrogen-bond acceptors (Lipinski definition) is 3. The molecule has 0 aliphatic heterocycles. The minimum Gasteiger partial charge on any atom is -0.368 e. The Labute approximate surface area is 124 Å². The van der Waals surface area contributed by atoms with Crippen LogP contribution >= 0.6 is 0 Å². The van der Waals surface area contributed by atoms with Crippen molar-refractivity contribution >= 4 is 17.6 Å². The molecular weight excluding hydrogens is 268 g/mol. The molecular formula is C15H22N4O2. The van der Waals surface area contributed by atoms with Crippen LogP contribution in [0.5, 0.6) is 0 Å². The van der Waals surface area contributed by atoms with E-state index >= 15 is 0 Å². The second kappa shape index (κ2) is 7.08. The first-order valence-electron chi connectivity index (χ1n) is 7.25. The van der Waals surface area contributed by atoms with E-state index in [1.807, 2.05) is 18.2 Å². The summed E-state index contributed by atoms with van der Waals surface area (Å²) in [6.45, 7) is 0.365. The molecule has 6 nitrogen and oxygen atoms in total. The predicted octanol–water partition coefficient (Wildman–Crippen LogP) is 1.41. The molecule has 3 amide bonds. The fourth-order valence-electron chi connectivity index (χ4n) is 2.72. The molecule has 0 unspecified atom stereocenters. The highest BCUT2D eigenvalue weighted by Crippen LogP contribution is 2.24. The van der Waals surface area contributed by atoms with Crippen LogP contribution in [-0.4, -0.2) is 29.4 Å². The number of hydrogen-bond donors (Lipinski definition) is 3. The van der Waals surface area contributed by atoms with E-state index in [-0.39, 0.29) is 18.6 Å². The third kappa shape index (κ3) is 4.19. The molecule has 114 valence electrons. The zero-order valence-corrected chi connectivity index (χ0v) is 12.0. The number of benzene rings is 1. The van der Waals surface area contributed by atoms with Gasteiger partial charge in [-0.15, -0.1) is 0 Å². The molecule has 5 N–H and O–H groups in total. The van der Waals surface area contributed by atoms with Gasteiger partial charge in [0.15, 0.2) is 0 Å². The minimum absolute atomic E-state index is 0.0485. The number of nitrogens with zero attached hydrogens (tertiary/aromatic N) is 1. The van der Waals surface area contributed by atoms with Crippen molar-refractivity contribution in [1.29, 1.82) is 0 Å². The molecule has 0 spiro atoms. The predicted molar refractivity (Wildman–Crippen MR) is 81.5 cm³/mol. The lowest BCUT2D eigenvalue weighted by molar-refractivity contribution is -0.118. The summed E-state index contributed by atoms with van der Waals surface area (Å²) in [5.41, 5.74) is 12.5. The average Bonchev–Trinajstić information content (AvgIpc) is 2.98. The van der Waals surface area contributed by atoms with Crippen molar-refractivity contribution in [2.24, 2.45) is 11.5 Å². The van der Waals surface area contributed by atoms with E-state index in [0.717, 1.165) is 31.2 Å². The number of nitrogens with one attached hydrogen (secondary N) is 1. The lowest BCUT2D eigenvalue weighted by Crippen LogP contribution is -2.46.